The lowest BCUT2D eigenvalue weighted by molar-refractivity contribution is 0.0523. The van der Waals surface area contributed by atoms with Crippen LogP contribution in [0.2, 0.25) is 5.82 Å². The van der Waals surface area contributed by atoms with Crippen molar-refractivity contribution in [1.82, 2.24) is 5.32 Å². The summed E-state index contributed by atoms with van der Waals surface area (Å²) in [6.45, 7) is 0.138. The van der Waals surface area contributed by atoms with E-state index in [0.717, 1.165) is 0 Å². The lowest BCUT2D eigenvalue weighted by Crippen LogP contribution is -2.35. The maximum Gasteiger partial charge on any atom is 0.483 e. The van der Waals surface area contributed by atoms with Crippen LogP contribution >= 0.6 is 0 Å². The topological polar surface area (TPSA) is 38.3 Å². The fraction of sp³-hybridized carbons (Fsp3) is 0.875. The van der Waals surface area contributed by atoms with E-state index in [2.05, 4.69) is 5.32 Å². The van der Waals surface area contributed by atoms with E-state index in [-0.39, 0.29) is 6.42 Å². The molecule has 1 rings (SSSR count). The van der Waals surface area contributed by atoms with Crippen LogP contribution in [0.4, 0.5) is 17.7 Å². The summed E-state index contributed by atoms with van der Waals surface area (Å²) >= 11 is 0. The molecule has 0 radical (unpaired) electrons. The molecule has 0 aromatic heterocycles. The van der Waals surface area contributed by atoms with Gasteiger partial charge in [0.1, 0.15) is 5.60 Å². The van der Waals surface area contributed by atoms with Gasteiger partial charge in [-0.05, 0) is 20.8 Å². The quantitative estimate of drug-likeness (QED) is 0.731. The molecule has 3 nitrogen and oxygen atoms in total. The van der Waals surface area contributed by atoms with E-state index < -0.39 is 30.5 Å². The highest BCUT2D eigenvalue weighted by Gasteiger charge is 2.51. The molecule has 0 saturated heterocycles. The number of rotatable bonds is 2. The zero-order valence-corrected chi connectivity index (χ0v) is 8.89. The van der Waals surface area contributed by atoms with Gasteiger partial charge in [-0.15, -0.1) is 0 Å². The van der Waals surface area contributed by atoms with Crippen molar-refractivity contribution in [1.29, 1.82) is 0 Å². The maximum atomic E-state index is 12.1. The number of alkyl carbamates (subject to hydrolysis) is 1. The number of carbonyl (C=O) groups excluding carboxylic acids is 1. The zero-order valence-electron chi connectivity index (χ0n) is 8.89. The van der Waals surface area contributed by atoms with Gasteiger partial charge in [-0.25, -0.2) is 4.79 Å². The van der Waals surface area contributed by atoms with Crippen LogP contribution in [0.3, 0.4) is 0 Å². The second kappa shape index (κ2) is 3.61. The van der Waals surface area contributed by atoms with Crippen LogP contribution in [0, 0.1) is 0 Å². The van der Waals surface area contributed by atoms with Crippen LogP contribution in [0.25, 0.3) is 0 Å². The van der Waals surface area contributed by atoms with Gasteiger partial charge in [-0.3, -0.25) is 0 Å². The van der Waals surface area contributed by atoms with E-state index in [1.807, 2.05) is 0 Å². The summed E-state index contributed by atoms with van der Waals surface area (Å²) in [6, 6.07) is -0.792. The minimum Gasteiger partial charge on any atom is -0.449 e. The van der Waals surface area contributed by atoms with Gasteiger partial charge in [0.25, 0.3) is 0 Å². The Balaban J connectivity index is 2.31. The van der Waals surface area contributed by atoms with E-state index in [1.54, 1.807) is 20.8 Å². The second-order valence-electron chi connectivity index (χ2n) is 4.78. The molecule has 0 aromatic rings. The highest BCUT2D eigenvalue weighted by molar-refractivity contribution is 6.61. The average Bonchev–Trinajstić information content (AvgIpc) is 2.59. The molecule has 0 aromatic carbocycles. The van der Waals surface area contributed by atoms with Crippen molar-refractivity contribution in [3.8, 4) is 0 Å². The molecule has 1 aliphatic carbocycles. The Labute approximate surface area is 86.4 Å². The normalized spacial score (nSPS) is 26.0. The summed E-state index contributed by atoms with van der Waals surface area (Å²) in [7, 11) is 0. The van der Waals surface area contributed by atoms with Crippen LogP contribution in [0.5, 0.6) is 0 Å². The third kappa shape index (κ3) is 4.01. The van der Waals surface area contributed by atoms with Crippen LogP contribution in [-0.4, -0.2) is 24.7 Å². The summed E-state index contributed by atoms with van der Waals surface area (Å²) < 4.78 is 41.3. The molecular weight excluding hydrogens is 210 g/mol. The minimum atomic E-state index is -4.83. The number of hydrogen-bond acceptors (Lipinski definition) is 2. The lowest BCUT2D eigenvalue weighted by Gasteiger charge is -2.20. The Morgan fingerprint density at radius 3 is 2.27 bits per heavy atom. The Kier molecular flexibility index (Phi) is 2.93. The van der Waals surface area contributed by atoms with Gasteiger partial charge in [0.2, 0.25) is 0 Å². The van der Waals surface area contributed by atoms with Crippen molar-refractivity contribution in [2.24, 2.45) is 0 Å². The van der Waals surface area contributed by atoms with Crippen LogP contribution < -0.4 is 5.32 Å². The fourth-order valence-electron chi connectivity index (χ4n) is 1.26. The molecule has 2 atom stereocenters. The lowest BCUT2D eigenvalue weighted by atomic mass is 9.83. The standard InChI is InChI=1S/C8H14BF3NO2/c1-8(2,3)15-7(14)13-6-4-5(6)9(10,11)12/h5-6H,4H2,1-3H3,(H,13,14)/q-1/t5-,6-/m1/s1. The predicted octanol–water partition coefficient (Wildman–Crippen LogP) is 2.50. The fourth-order valence-corrected chi connectivity index (χ4v) is 1.26. The largest absolute Gasteiger partial charge is 0.483 e. The third-order valence-corrected chi connectivity index (χ3v) is 2.03. The number of nitrogens with one attached hydrogen (secondary N) is 1. The Hall–Kier alpha value is -0.875. The molecule has 0 bridgehead atoms. The van der Waals surface area contributed by atoms with Gasteiger partial charge in [0.15, 0.2) is 0 Å². The summed E-state index contributed by atoms with van der Waals surface area (Å²) in [4.78, 5) is 11.1. The Morgan fingerprint density at radius 1 is 1.40 bits per heavy atom. The molecular formula is C8H14BF3NO2-. The monoisotopic (exact) mass is 224 g/mol. The van der Waals surface area contributed by atoms with Gasteiger partial charge in [-0.2, -0.15) is 0 Å². The molecule has 1 N–H and O–H groups in total. The van der Waals surface area contributed by atoms with Gasteiger partial charge in [-0.1, -0.05) is 12.2 Å². The molecule has 0 unspecified atom stereocenters. The maximum absolute atomic E-state index is 12.1. The molecule has 15 heavy (non-hydrogen) atoms. The molecule has 0 heterocycles. The molecule has 1 saturated carbocycles. The Morgan fingerprint density at radius 2 is 1.93 bits per heavy atom. The molecule has 0 aliphatic heterocycles. The van der Waals surface area contributed by atoms with Gasteiger partial charge >= 0.3 is 13.1 Å². The van der Waals surface area contributed by atoms with Crippen molar-refractivity contribution < 1.29 is 22.5 Å². The number of ether oxygens (including phenoxy) is 1. The van der Waals surface area contributed by atoms with E-state index in [4.69, 9.17) is 4.74 Å². The van der Waals surface area contributed by atoms with Crippen LogP contribution in [-0.2, 0) is 4.74 Å². The summed E-state index contributed by atoms with van der Waals surface area (Å²) in [5.41, 5.74) is -0.683. The van der Waals surface area contributed by atoms with E-state index in [1.165, 1.54) is 0 Å². The average molecular weight is 224 g/mol. The Bertz CT molecular complexity index is 262. The number of hydrogen-bond donors (Lipinski definition) is 1. The zero-order chi connectivity index (χ0) is 11.9. The van der Waals surface area contributed by atoms with Crippen molar-refractivity contribution in [2.75, 3.05) is 0 Å². The summed E-state index contributed by atoms with van der Waals surface area (Å²) in [5.74, 6) is -1.35. The number of amides is 1. The van der Waals surface area contributed by atoms with E-state index in [0.29, 0.717) is 0 Å². The first kappa shape index (κ1) is 12.2. The van der Waals surface area contributed by atoms with E-state index in [9.17, 15) is 17.7 Å². The first-order valence-corrected chi connectivity index (χ1v) is 4.79. The molecule has 7 heteroatoms. The highest BCUT2D eigenvalue weighted by atomic mass is 19.4. The smallest absolute Gasteiger partial charge is 0.449 e. The van der Waals surface area contributed by atoms with Crippen molar-refractivity contribution in [2.45, 2.75) is 44.7 Å². The molecule has 1 fully saturated rings. The SMILES string of the molecule is CC(C)(C)OC(=O)N[C@@H]1C[C@H]1[B-](F)(F)F. The molecule has 88 valence electrons. The van der Waals surface area contributed by atoms with Crippen LogP contribution in [0.15, 0.2) is 0 Å². The number of halogens is 3. The van der Waals surface area contributed by atoms with Gasteiger partial charge in [0, 0.05) is 6.04 Å². The first-order chi connectivity index (χ1) is 6.59. The van der Waals surface area contributed by atoms with Crippen LogP contribution in [0.1, 0.15) is 27.2 Å². The van der Waals surface area contributed by atoms with Crippen molar-refractivity contribution in [3.05, 3.63) is 0 Å². The summed E-state index contributed by atoms with van der Waals surface area (Å²) in [6.07, 6.45) is -0.807. The predicted molar refractivity (Wildman–Crippen MR) is 50.6 cm³/mol. The highest BCUT2D eigenvalue weighted by Crippen LogP contribution is 2.47. The first-order valence-electron chi connectivity index (χ1n) is 4.79. The second-order valence-corrected chi connectivity index (χ2v) is 4.78. The molecule has 0 spiro atoms. The molecule has 1 aliphatic rings. The van der Waals surface area contributed by atoms with E-state index >= 15 is 0 Å². The van der Waals surface area contributed by atoms with Gasteiger partial charge < -0.3 is 23.0 Å². The van der Waals surface area contributed by atoms with Crippen molar-refractivity contribution in [3.63, 3.8) is 0 Å². The molecule has 1 amide bonds. The number of carbonyl (C=O) groups is 1. The third-order valence-electron chi connectivity index (χ3n) is 2.03. The van der Waals surface area contributed by atoms with Crippen molar-refractivity contribution >= 4 is 13.1 Å². The minimum absolute atomic E-state index is 0.0251. The summed E-state index contributed by atoms with van der Waals surface area (Å²) in [5, 5.41) is 2.20. The van der Waals surface area contributed by atoms with Gasteiger partial charge in [0.05, 0.1) is 0 Å².